The summed E-state index contributed by atoms with van der Waals surface area (Å²) in [5.74, 6) is 3.38. The number of aromatic nitrogens is 3. The van der Waals surface area contributed by atoms with Gasteiger partial charge in [0.25, 0.3) is 0 Å². The predicted molar refractivity (Wildman–Crippen MR) is 246 cm³/mol. The first-order valence-electron chi connectivity index (χ1n) is 20.7. The molecule has 286 valence electrons. The van der Waals surface area contributed by atoms with Gasteiger partial charge in [0.1, 0.15) is 23.1 Å². The van der Waals surface area contributed by atoms with Gasteiger partial charge >= 0.3 is 0 Å². The number of hydrogen-bond donors (Lipinski definition) is 0. The van der Waals surface area contributed by atoms with Crippen molar-refractivity contribution in [3.63, 3.8) is 0 Å². The van der Waals surface area contributed by atoms with Crippen LogP contribution in [0, 0.1) is 0 Å². The second kappa shape index (κ2) is 14.0. The number of nitrogens with zero attached hydrogens (tertiary/aromatic N) is 3. The second-order valence-electron chi connectivity index (χ2n) is 15.7. The number of fused-ring (bicyclic) bond motifs is 9. The molecule has 61 heavy (non-hydrogen) atoms. The van der Waals surface area contributed by atoms with Crippen LogP contribution in [0.15, 0.2) is 224 Å². The normalized spacial score (nSPS) is 12.9. The second-order valence-corrected chi connectivity index (χ2v) is 15.7. The van der Waals surface area contributed by atoms with E-state index in [1.54, 1.807) is 0 Å². The summed E-state index contributed by atoms with van der Waals surface area (Å²) in [6.45, 7) is 0. The van der Waals surface area contributed by atoms with Crippen molar-refractivity contribution in [2.45, 2.75) is 5.41 Å². The van der Waals surface area contributed by atoms with E-state index in [2.05, 4.69) is 217 Å². The van der Waals surface area contributed by atoms with Gasteiger partial charge in [-0.2, -0.15) is 0 Å². The van der Waals surface area contributed by atoms with E-state index in [0.29, 0.717) is 0 Å². The summed E-state index contributed by atoms with van der Waals surface area (Å²) in [5.41, 5.74) is 16.0. The minimum absolute atomic E-state index is 0.527. The van der Waals surface area contributed by atoms with Crippen molar-refractivity contribution < 1.29 is 4.74 Å². The molecule has 3 heterocycles. The van der Waals surface area contributed by atoms with Crippen LogP contribution >= 0.6 is 0 Å². The fourth-order valence-corrected chi connectivity index (χ4v) is 9.66. The van der Waals surface area contributed by atoms with Crippen LogP contribution in [0.3, 0.4) is 0 Å². The van der Waals surface area contributed by atoms with Crippen molar-refractivity contribution >= 4 is 0 Å². The number of ether oxygens (including phenoxy) is 1. The molecule has 10 aromatic rings. The smallest absolute Gasteiger partial charge is 0.146 e. The molecule has 4 nitrogen and oxygen atoms in total. The Morgan fingerprint density at radius 3 is 1.59 bits per heavy atom. The van der Waals surface area contributed by atoms with Gasteiger partial charge in [-0.3, -0.25) is 4.57 Å². The van der Waals surface area contributed by atoms with E-state index in [4.69, 9.17) is 14.7 Å². The Labute approximate surface area is 354 Å². The molecule has 0 saturated heterocycles. The van der Waals surface area contributed by atoms with Crippen LogP contribution in [0.1, 0.15) is 22.3 Å². The largest absolute Gasteiger partial charge is 0.457 e. The van der Waals surface area contributed by atoms with Gasteiger partial charge in [0.05, 0.1) is 22.5 Å². The monoisotopic (exact) mass is 779 g/mol. The zero-order valence-corrected chi connectivity index (χ0v) is 33.1. The van der Waals surface area contributed by atoms with E-state index >= 15 is 0 Å². The molecule has 12 rings (SSSR count). The van der Waals surface area contributed by atoms with Gasteiger partial charge in [0.2, 0.25) is 0 Å². The first kappa shape index (κ1) is 34.9. The van der Waals surface area contributed by atoms with Crippen LogP contribution < -0.4 is 4.74 Å². The van der Waals surface area contributed by atoms with Crippen LogP contribution in [0.5, 0.6) is 11.5 Å². The Bertz CT molecular complexity index is 3220. The van der Waals surface area contributed by atoms with E-state index in [0.717, 1.165) is 84.7 Å². The van der Waals surface area contributed by atoms with Crippen LogP contribution in [-0.2, 0) is 5.41 Å². The molecule has 0 amide bonds. The lowest BCUT2D eigenvalue weighted by Crippen LogP contribution is -2.32. The average molecular weight is 780 g/mol. The first-order valence-corrected chi connectivity index (χ1v) is 20.7. The number of imidazole rings is 1. The molecule has 0 unspecified atom stereocenters. The van der Waals surface area contributed by atoms with Crippen LogP contribution in [0.4, 0.5) is 0 Å². The SMILES string of the molecule is c1ccc(-c2cccc(-n3c(-c4ccc(-c5ccc6c(c5)C5(c7ccccc7O6)c6ccccc6-c6ccccc65)cc4)nc(-c4ccccc4)c3-c3ccccc3)n2)cc1. The van der Waals surface area contributed by atoms with Crippen molar-refractivity contribution in [1.29, 1.82) is 0 Å². The predicted octanol–water partition coefficient (Wildman–Crippen LogP) is 14.1. The van der Waals surface area contributed by atoms with Gasteiger partial charge < -0.3 is 4.74 Å². The average Bonchev–Trinajstić information content (AvgIpc) is 3.88. The summed E-state index contributed by atoms with van der Waals surface area (Å²) in [4.78, 5) is 10.8. The van der Waals surface area contributed by atoms with Gasteiger partial charge in [0, 0.05) is 33.4 Å². The molecule has 8 aromatic carbocycles. The molecular weight excluding hydrogens is 743 g/mol. The molecule has 0 N–H and O–H groups in total. The molecule has 0 atom stereocenters. The van der Waals surface area contributed by atoms with Crippen LogP contribution in [0.2, 0.25) is 0 Å². The Hall–Kier alpha value is -8.08. The Morgan fingerprint density at radius 2 is 0.902 bits per heavy atom. The molecule has 2 aromatic heterocycles. The summed E-state index contributed by atoms with van der Waals surface area (Å²) in [7, 11) is 0. The highest BCUT2D eigenvalue weighted by molar-refractivity contribution is 5.90. The van der Waals surface area contributed by atoms with Crippen molar-refractivity contribution in [2.24, 2.45) is 0 Å². The van der Waals surface area contributed by atoms with Crippen molar-refractivity contribution in [3.05, 3.63) is 247 Å². The number of rotatable bonds is 6. The molecule has 0 radical (unpaired) electrons. The molecule has 4 heteroatoms. The van der Waals surface area contributed by atoms with E-state index in [1.807, 2.05) is 12.1 Å². The van der Waals surface area contributed by atoms with E-state index < -0.39 is 5.41 Å². The summed E-state index contributed by atoms with van der Waals surface area (Å²) in [6.07, 6.45) is 0. The van der Waals surface area contributed by atoms with Gasteiger partial charge in [-0.1, -0.05) is 194 Å². The maximum absolute atomic E-state index is 6.72. The highest BCUT2D eigenvalue weighted by Gasteiger charge is 2.51. The zero-order valence-electron chi connectivity index (χ0n) is 33.1. The minimum Gasteiger partial charge on any atom is -0.457 e. The van der Waals surface area contributed by atoms with E-state index in [1.165, 1.54) is 22.3 Å². The molecular formula is C57H37N3O. The van der Waals surface area contributed by atoms with Gasteiger partial charge in [0.15, 0.2) is 0 Å². The minimum atomic E-state index is -0.527. The van der Waals surface area contributed by atoms with E-state index in [-0.39, 0.29) is 0 Å². The number of para-hydroxylation sites is 1. The molecule has 0 bridgehead atoms. The molecule has 2 aliphatic rings. The highest BCUT2D eigenvalue weighted by Crippen LogP contribution is 2.62. The fraction of sp³-hybridized carbons (Fsp3) is 0.0175. The lowest BCUT2D eigenvalue weighted by Gasteiger charge is -2.39. The maximum atomic E-state index is 6.72. The standard InChI is InChI=1S/C57H37N3O/c1-4-17-39(18-5-1)50-28-16-30-53(58-50)60-55(41-21-8-3-9-22-41)54(40-19-6-2-7-20-40)59-56(60)42-33-31-38(32-34-42)43-35-36-52-49(37-43)57(48-27-14-15-29-51(48)61-52)46-25-12-10-23-44(46)45-24-11-13-26-47(45)57/h1-37H. The molecule has 0 saturated carbocycles. The van der Waals surface area contributed by atoms with Crippen molar-refractivity contribution in [3.8, 4) is 84.7 Å². The number of hydrogen-bond acceptors (Lipinski definition) is 3. The van der Waals surface area contributed by atoms with E-state index in [9.17, 15) is 0 Å². The fourth-order valence-electron chi connectivity index (χ4n) is 9.66. The molecule has 0 fully saturated rings. The number of benzene rings is 8. The zero-order chi connectivity index (χ0) is 40.3. The summed E-state index contributed by atoms with van der Waals surface area (Å²) < 4.78 is 8.95. The third-order valence-corrected chi connectivity index (χ3v) is 12.3. The Kier molecular flexibility index (Phi) is 8.04. The highest BCUT2D eigenvalue weighted by atomic mass is 16.5. The Morgan fingerprint density at radius 1 is 0.361 bits per heavy atom. The van der Waals surface area contributed by atoms with Crippen LogP contribution in [0.25, 0.3) is 73.2 Å². The lowest BCUT2D eigenvalue weighted by molar-refractivity contribution is 0.436. The topological polar surface area (TPSA) is 39.9 Å². The Balaban J connectivity index is 1.03. The molecule has 1 aliphatic heterocycles. The molecule has 1 spiro atoms. The van der Waals surface area contributed by atoms with Gasteiger partial charge in [-0.05, 0) is 63.7 Å². The quantitative estimate of drug-likeness (QED) is 0.169. The number of pyridine rings is 1. The lowest BCUT2D eigenvalue weighted by atomic mass is 9.66. The van der Waals surface area contributed by atoms with Crippen molar-refractivity contribution in [2.75, 3.05) is 0 Å². The third kappa shape index (κ3) is 5.46. The summed E-state index contributed by atoms with van der Waals surface area (Å²) in [6, 6.07) is 79.3. The summed E-state index contributed by atoms with van der Waals surface area (Å²) in [5, 5.41) is 0. The first-order chi connectivity index (χ1) is 30.3. The van der Waals surface area contributed by atoms with Crippen LogP contribution in [-0.4, -0.2) is 14.5 Å². The van der Waals surface area contributed by atoms with Gasteiger partial charge in [-0.15, -0.1) is 0 Å². The van der Waals surface area contributed by atoms with Crippen molar-refractivity contribution in [1.82, 2.24) is 14.5 Å². The molecule has 1 aliphatic carbocycles. The summed E-state index contributed by atoms with van der Waals surface area (Å²) >= 11 is 0. The van der Waals surface area contributed by atoms with Gasteiger partial charge in [-0.25, -0.2) is 9.97 Å². The third-order valence-electron chi connectivity index (χ3n) is 12.3. The maximum Gasteiger partial charge on any atom is 0.146 e.